The molecule has 0 amide bonds. The summed E-state index contributed by atoms with van der Waals surface area (Å²) in [6.07, 6.45) is 1.01. The predicted molar refractivity (Wildman–Crippen MR) is 91.5 cm³/mol. The highest BCUT2D eigenvalue weighted by atomic mass is 35.5. The maximum atomic E-state index is 13.8. The van der Waals surface area contributed by atoms with E-state index in [0.717, 1.165) is 11.8 Å². The van der Waals surface area contributed by atoms with Crippen molar-refractivity contribution in [1.29, 1.82) is 0 Å². The number of nitrogens with zero attached hydrogens (tertiary/aromatic N) is 2. The lowest BCUT2D eigenvalue weighted by molar-refractivity contribution is 0.280. The van der Waals surface area contributed by atoms with Gasteiger partial charge in [-0.05, 0) is 23.8 Å². The van der Waals surface area contributed by atoms with Crippen molar-refractivity contribution >= 4 is 17.4 Å². The Morgan fingerprint density at radius 1 is 1.00 bits per heavy atom. The molecule has 0 bridgehead atoms. The largest absolute Gasteiger partial charge is 0.459 e. The molecule has 0 fully saturated rings. The summed E-state index contributed by atoms with van der Waals surface area (Å²) in [5.41, 5.74) is 1.28. The first-order chi connectivity index (χ1) is 12.1. The predicted octanol–water partition coefficient (Wildman–Crippen LogP) is 4.60. The SMILES string of the molecule is Fc1ccccc1CNc1nc(OCc2ccc(Cl)cc2)ncc1F. The standard InChI is InChI=1S/C18H14ClF2N3O/c19-14-7-5-12(6-8-14)11-25-18-23-10-16(21)17(24-18)22-9-13-3-1-2-4-15(13)20/h1-8,10H,9,11H2,(H,22,23,24). The lowest BCUT2D eigenvalue weighted by atomic mass is 10.2. The molecule has 1 aromatic heterocycles. The summed E-state index contributed by atoms with van der Waals surface area (Å²) >= 11 is 5.82. The summed E-state index contributed by atoms with van der Waals surface area (Å²) in [6.45, 7) is 0.312. The van der Waals surface area contributed by atoms with Crippen molar-refractivity contribution in [2.75, 3.05) is 5.32 Å². The molecule has 7 heteroatoms. The summed E-state index contributed by atoms with van der Waals surface area (Å²) in [5.74, 6) is -1.07. The van der Waals surface area contributed by atoms with Crippen molar-refractivity contribution < 1.29 is 13.5 Å². The van der Waals surface area contributed by atoms with Gasteiger partial charge in [0.25, 0.3) is 0 Å². The quantitative estimate of drug-likeness (QED) is 0.697. The number of halogens is 3. The van der Waals surface area contributed by atoms with E-state index in [-0.39, 0.29) is 30.8 Å². The average molecular weight is 362 g/mol. The molecule has 1 N–H and O–H groups in total. The van der Waals surface area contributed by atoms with Gasteiger partial charge in [0.05, 0.1) is 6.20 Å². The van der Waals surface area contributed by atoms with Gasteiger partial charge in [-0.3, -0.25) is 0 Å². The van der Waals surface area contributed by atoms with E-state index in [0.29, 0.717) is 10.6 Å². The third kappa shape index (κ3) is 4.64. The van der Waals surface area contributed by atoms with Crippen LogP contribution in [0.3, 0.4) is 0 Å². The Hall–Kier alpha value is -2.73. The van der Waals surface area contributed by atoms with Gasteiger partial charge in [-0.1, -0.05) is 41.9 Å². The van der Waals surface area contributed by atoms with E-state index in [1.165, 1.54) is 6.07 Å². The number of hydrogen-bond donors (Lipinski definition) is 1. The van der Waals surface area contributed by atoms with E-state index in [1.54, 1.807) is 30.3 Å². The molecule has 3 aromatic rings. The topological polar surface area (TPSA) is 47.0 Å². The highest BCUT2D eigenvalue weighted by Gasteiger charge is 2.09. The van der Waals surface area contributed by atoms with Crippen LogP contribution in [0.15, 0.2) is 54.7 Å². The van der Waals surface area contributed by atoms with Gasteiger partial charge < -0.3 is 10.1 Å². The smallest absolute Gasteiger partial charge is 0.318 e. The first-order valence-corrected chi connectivity index (χ1v) is 7.86. The maximum Gasteiger partial charge on any atom is 0.318 e. The third-order valence-electron chi connectivity index (χ3n) is 3.41. The molecule has 0 atom stereocenters. The fourth-order valence-corrected chi connectivity index (χ4v) is 2.22. The molecule has 25 heavy (non-hydrogen) atoms. The van der Waals surface area contributed by atoms with Crippen LogP contribution in [-0.4, -0.2) is 9.97 Å². The monoisotopic (exact) mass is 361 g/mol. The fraction of sp³-hybridized carbons (Fsp3) is 0.111. The molecule has 0 aliphatic heterocycles. The Bertz CT molecular complexity index is 859. The minimum atomic E-state index is -0.643. The Balaban J connectivity index is 1.65. The average Bonchev–Trinajstić information content (AvgIpc) is 2.62. The summed E-state index contributed by atoms with van der Waals surface area (Å²) in [7, 11) is 0. The van der Waals surface area contributed by atoms with E-state index in [9.17, 15) is 8.78 Å². The second kappa shape index (κ2) is 7.90. The summed E-state index contributed by atoms with van der Waals surface area (Å²) < 4.78 is 32.9. The molecule has 3 rings (SSSR count). The van der Waals surface area contributed by atoms with Crippen molar-refractivity contribution in [2.45, 2.75) is 13.2 Å². The van der Waals surface area contributed by atoms with E-state index >= 15 is 0 Å². The molecule has 0 saturated heterocycles. The van der Waals surface area contributed by atoms with Crippen LogP contribution in [0.2, 0.25) is 5.02 Å². The third-order valence-corrected chi connectivity index (χ3v) is 3.66. The van der Waals surface area contributed by atoms with E-state index in [4.69, 9.17) is 16.3 Å². The molecule has 1 heterocycles. The van der Waals surface area contributed by atoms with Crippen molar-refractivity contribution in [3.8, 4) is 6.01 Å². The van der Waals surface area contributed by atoms with Gasteiger partial charge in [0.15, 0.2) is 11.6 Å². The van der Waals surface area contributed by atoms with Gasteiger partial charge in [0, 0.05) is 17.1 Å². The van der Waals surface area contributed by atoms with Crippen molar-refractivity contribution in [1.82, 2.24) is 9.97 Å². The summed E-state index contributed by atoms with van der Waals surface area (Å²) in [5, 5.41) is 3.38. The van der Waals surface area contributed by atoms with Gasteiger partial charge >= 0.3 is 6.01 Å². The minimum Gasteiger partial charge on any atom is -0.459 e. The number of benzene rings is 2. The first-order valence-electron chi connectivity index (χ1n) is 7.49. The van der Waals surface area contributed by atoms with Crippen molar-refractivity contribution in [3.05, 3.63) is 82.5 Å². The number of hydrogen-bond acceptors (Lipinski definition) is 4. The van der Waals surface area contributed by atoms with Crippen LogP contribution < -0.4 is 10.1 Å². The molecule has 0 spiro atoms. The normalized spacial score (nSPS) is 10.5. The molecule has 4 nitrogen and oxygen atoms in total. The van der Waals surface area contributed by atoms with E-state index < -0.39 is 5.82 Å². The van der Waals surface area contributed by atoms with Crippen LogP contribution in [0.5, 0.6) is 6.01 Å². The molecular weight excluding hydrogens is 348 g/mol. The van der Waals surface area contributed by atoms with Gasteiger partial charge in [-0.25, -0.2) is 13.8 Å². The van der Waals surface area contributed by atoms with Gasteiger partial charge in [0.2, 0.25) is 0 Å². The van der Waals surface area contributed by atoms with Crippen LogP contribution >= 0.6 is 11.6 Å². The molecule has 128 valence electrons. The highest BCUT2D eigenvalue weighted by molar-refractivity contribution is 6.30. The molecule has 2 aromatic carbocycles. The Morgan fingerprint density at radius 3 is 2.52 bits per heavy atom. The van der Waals surface area contributed by atoms with Crippen LogP contribution in [0.25, 0.3) is 0 Å². The molecule has 0 radical (unpaired) electrons. The van der Waals surface area contributed by atoms with Crippen LogP contribution in [0.4, 0.5) is 14.6 Å². The minimum absolute atomic E-state index is 0.0207. The summed E-state index contributed by atoms with van der Waals surface area (Å²) in [6, 6.07) is 13.4. The number of anilines is 1. The lowest BCUT2D eigenvalue weighted by Gasteiger charge is -2.09. The van der Waals surface area contributed by atoms with Gasteiger partial charge in [0.1, 0.15) is 12.4 Å². The molecule has 0 aliphatic carbocycles. The van der Waals surface area contributed by atoms with Crippen LogP contribution in [0, 0.1) is 11.6 Å². The van der Waals surface area contributed by atoms with Crippen molar-refractivity contribution in [2.24, 2.45) is 0 Å². The number of nitrogens with one attached hydrogen (secondary N) is 1. The maximum absolute atomic E-state index is 13.8. The zero-order valence-electron chi connectivity index (χ0n) is 13.0. The highest BCUT2D eigenvalue weighted by Crippen LogP contribution is 2.17. The Morgan fingerprint density at radius 2 is 1.76 bits per heavy atom. The Kier molecular flexibility index (Phi) is 5.40. The summed E-state index contributed by atoms with van der Waals surface area (Å²) in [4.78, 5) is 7.78. The zero-order valence-corrected chi connectivity index (χ0v) is 13.8. The second-order valence-electron chi connectivity index (χ2n) is 5.21. The number of rotatable bonds is 6. The second-order valence-corrected chi connectivity index (χ2v) is 5.65. The number of ether oxygens (including phenoxy) is 1. The zero-order chi connectivity index (χ0) is 17.6. The fourth-order valence-electron chi connectivity index (χ4n) is 2.09. The lowest BCUT2D eigenvalue weighted by Crippen LogP contribution is -2.08. The first kappa shape index (κ1) is 17.1. The van der Waals surface area contributed by atoms with Gasteiger partial charge in [-0.2, -0.15) is 4.98 Å². The van der Waals surface area contributed by atoms with Crippen LogP contribution in [0.1, 0.15) is 11.1 Å². The Labute approximate surface area is 148 Å². The van der Waals surface area contributed by atoms with Crippen molar-refractivity contribution in [3.63, 3.8) is 0 Å². The van der Waals surface area contributed by atoms with Gasteiger partial charge in [-0.15, -0.1) is 0 Å². The molecule has 0 saturated carbocycles. The van der Waals surface area contributed by atoms with Crippen LogP contribution in [-0.2, 0) is 13.2 Å². The molecular formula is C18H14ClF2N3O. The molecule has 0 unspecified atom stereocenters. The number of aromatic nitrogens is 2. The van der Waals surface area contributed by atoms with E-state index in [1.807, 2.05) is 12.1 Å². The molecule has 0 aliphatic rings. The van der Waals surface area contributed by atoms with E-state index in [2.05, 4.69) is 15.3 Å².